The average molecular weight is 500 g/mol. The number of hydrogen-bond donors (Lipinski definition) is 1. The van der Waals surface area contributed by atoms with E-state index in [2.05, 4.69) is 36.5 Å². The molecule has 0 aliphatic heterocycles. The molecule has 3 heterocycles. The predicted octanol–water partition coefficient (Wildman–Crippen LogP) is 2.27. The Labute approximate surface area is 190 Å². The third kappa shape index (κ3) is 3.87. The van der Waals surface area contributed by atoms with Gasteiger partial charge in [0.15, 0.2) is 17.1 Å². The van der Waals surface area contributed by atoms with E-state index in [-0.39, 0.29) is 22.9 Å². The van der Waals surface area contributed by atoms with Gasteiger partial charge in [0.2, 0.25) is 0 Å². The molecular weight excluding hydrogens is 482 g/mol. The second kappa shape index (κ2) is 8.25. The lowest BCUT2D eigenvalue weighted by Crippen LogP contribution is -2.25. The minimum Gasteiger partial charge on any atom is -0.343 e. The molecule has 31 heavy (non-hydrogen) atoms. The second-order valence-electron chi connectivity index (χ2n) is 7.25. The summed E-state index contributed by atoms with van der Waals surface area (Å²) in [5, 5.41) is 11.9. The maximum Gasteiger partial charge on any atom is 0.261 e. The molecule has 0 fully saturated rings. The normalized spacial score (nSPS) is 11.4. The Morgan fingerprint density at radius 3 is 2.77 bits per heavy atom. The van der Waals surface area contributed by atoms with Gasteiger partial charge in [-0.1, -0.05) is 23.5 Å². The Balaban J connectivity index is 1.92. The van der Waals surface area contributed by atoms with E-state index in [1.807, 2.05) is 20.2 Å². The van der Waals surface area contributed by atoms with Crippen molar-refractivity contribution in [3.8, 4) is 0 Å². The monoisotopic (exact) mass is 499 g/mol. The highest BCUT2D eigenvalue weighted by molar-refractivity contribution is 9.10. The summed E-state index contributed by atoms with van der Waals surface area (Å²) in [6.07, 6.45) is 3.28. The van der Waals surface area contributed by atoms with Crippen LogP contribution in [0.25, 0.3) is 16.6 Å². The lowest BCUT2D eigenvalue weighted by molar-refractivity contribution is 0.0959. The first-order valence-corrected chi connectivity index (χ1v) is 10.4. The molecule has 0 bridgehead atoms. The first-order chi connectivity index (χ1) is 14.8. The van der Waals surface area contributed by atoms with Crippen LogP contribution >= 0.6 is 28.1 Å². The summed E-state index contributed by atoms with van der Waals surface area (Å²) in [5.41, 5.74) is 1.93. The number of nitrogens with zero attached hydrogens (tertiary/aromatic N) is 6. The Kier molecular flexibility index (Phi) is 5.65. The molecule has 158 valence electrons. The van der Waals surface area contributed by atoms with Crippen molar-refractivity contribution in [3.05, 3.63) is 62.7 Å². The molecule has 3 aromatic heterocycles. The highest BCUT2D eigenvalue weighted by atomic mass is 79.9. The molecular formula is C20H18BrN7O2S. The van der Waals surface area contributed by atoms with E-state index in [0.29, 0.717) is 33.5 Å². The van der Waals surface area contributed by atoms with Crippen molar-refractivity contribution in [1.29, 1.82) is 0 Å². The summed E-state index contributed by atoms with van der Waals surface area (Å²) < 4.78 is 3.73. The molecule has 0 unspecified atom stereocenters. The Hall–Kier alpha value is -3.02. The molecule has 0 aliphatic carbocycles. The maximum atomic E-state index is 13.1. The third-order valence-electron chi connectivity index (χ3n) is 4.69. The maximum absolute atomic E-state index is 13.1. The molecule has 0 saturated carbocycles. The van der Waals surface area contributed by atoms with Crippen LogP contribution < -0.4 is 10.9 Å². The van der Waals surface area contributed by atoms with Crippen molar-refractivity contribution in [2.75, 3.05) is 26.0 Å². The van der Waals surface area contributed by atoms with E-state index in [1.54, 1.807) is 42.5 Å². The molecule has 1 N–H and O–H groups in total. The minimum atomic E-state index is -0.266. The smallest absolute Gasteiger partial charge is 0.261 e. The zero-order chi connectivity index (χ0) is 22.3. The number of rotatable bonds is 5. The fraction of sp³-hybridized carbons (Fsp3) is 0.200. The van der Waals surface area contributed by atoms with Gasteiger partial charge in [0, 0.05) is 23.3 Å². The predicted molar refractivity (Wildman–Crippen MR) is 126 cm³/mol. The van der Waals surface area contributed by atoms with Crippen molar-refractivity contribution in [3.63, 3.8) is 0 Å². The largest absolute Gasteiger partial charge is 0.343 e. The van der Waals surface area contributed by atoms with E-state index in [1.165, 1.54) is 9.08 Å². The van der Waals surface area contributed by atoms with Crippen LogP contribution in [-0.4, -0.2) is 60.7 Å². The van der Waals surface area contributed by atoms with Gasteiger partial charge in [0.1, 0.15) is 4.99 Å². The van der Waals surface area contributed by atoms with Crippen molar-refractivity contribution in [1.82, 2.24) is 29.3 Å². The highest BCUT2D eigenvalue weighted by Crippen LogP contribution is 2.21. The molecule has 0 aliphatic rings. The number of hydrogen-bond acceptors (Lipinski definition) is 7. The van der Waals surface area contributed by atoms with Crippen molar-refractivity contribution >= 4 is 61.2 Å². The number of carbonyl (C=O) groups excluding carboxylic acids is 1. The van der Waals surface area contributed by atoms with E-state index in [9.17, 15) is 9.59 Å². The number of aromatic nitrogens is 5. The number of aryl methyl sites for hydroxylation is 1. The topological polar surface area (TPSA) is 97.4 Å². The number of carbonyl (C=O) groups is 1. The van der Waals surface area contributed by atoms with Gasteiger partial charge in [-0.25, -0.2) is 0 Å². The quantitative estimate of drug-likeness (QED) is 0.329. The van der Waals surface area contributed by atoms with Gasteiger partial charge in [-0.15, -0.1) is 5.10 Å². The van der Waals surface area contributed by atoms with Gasteiger partial charge >= 0.3 is 0 Å². The average Bonchev–Trinajstić information content (AvgIpc) is 3.16. The van der Waals surface area contributed by atoms with Crippen LogP contribution in [0.1, 0.15) is 16.1 Å². The van der Waals surface area contributed by atoms with Crippen molar-refractivity contribution in [2.45, 2.75) is 0 Å². The van der Waals surface area contributed by atoms with E-state index >= 15 is 0 Å². The zero-order valence-electron chi connectivity index (χ0n) is 17.0. The summed E-state index contributed by atoms with van der Waals surface area (Å²) in [4.78, 5) is 32.1. The number of halogens is 1. The molecule has 4 aromatic rings. The molecule has 11 heteroatoms. The number of benzene rings is 1. The van der Waals surface area contributed by atoms with E-state index in [0.717, 1.165) is 4.47 Å². The van der Waals surface area contributed by atoms with Gasteiger partial charge in [0.25, 0.3) is 5.56 Å². The van der Waals surface area contributed by atoms with E-state index in [4.69, 9.17) is 12.2 Å². The number of ketones is 1. The summed E-state index contributed by atoms with van der Waals surface area (Å²) in [5.74, 6) is -0.122. The highest BCUT2D eigenvalue weighted by Gasteiger charge is 2.22. The SMILES string of the molecule is CN(C)CC(=O)c1cccc2c(=O)n(C)c3c(C(=S)Nc4cncc(Br)c4)nnn3c12. The molecule has 0 atom stereocenters. The van der Waals surface area contributed by atoms with Gasteiger partial charge in [-0.3, -0.25) is 19.1 Å². The number of anilines is 1. The number of likely N-dealkylation sites (N-methyl/N-ethyl adjacent to an activating group) is 1. The second-order valence-corrected chi connectivity index (χ2v) is 8.57. The molecule has 1 aromatic carbocycles. The van der Waals surface area contributed by atoms with Crippen LogP contribution in [0, 0.1) is 0 Å². The Bertz CT molecular complexity index is 1410. The van der Waals surface area contributed by atoms with Crippen molar-refractivity contribution < 1.29 is 4.79 Å². The number of thiocarbonyl (C=S) groups is 1. The Morgan fingerprint density at radius 1 is 1.29 bits per heavy atom. The summed E-state index contributed by atoms with van der Waals surface area (Å²) in [7, 11) is 5.25. The number of fused-ring (bicyclic) bond motifs is 3. The van der Waals surface area contributed by atoms with Gasteiger partial charge in [0.05, 0.1) is 29.3 Å². The lowest BCUT2D eigenvalue weighted by atomic mass is 10.1. The number of para-hydroxylation sites is 1. The van der Waals surface area contributed by atoms with Crippen LogP contribution in [0.15, 0.2) is 45.9 Å². The van der Waals surface area contributed by atoms with Gasteiger partial charge < -0.3 is 10.2 Å². The van der Waals surface area contributed by atoms with Gasteiger partial charge in [-0.2, -0.15) is 4.52 Å². The van der Waals surface area contributed by atoms with Crippen LogP contribution in [0.4, 0.5) is 5.69 Å². The van der Waals surface area contributed by atoms with Crippen LogP contribution in [0.3, 0.4) is 0 Å². The molecule has 4 rings (SSSR count). The number of nitrogens with one attached hydrogen (secondary N) is 1. The van der Waals surface area contributed by atoms with Crippen molar-refractivity contribution in [2.24, 2.45) is 7.05 Å². The molecule has 0 radical (unpaired) electrons. The first-order valence-electron chi connectivity index (χ1n) is 9.25. The first kappa shape index (κ1) is 21.2. The molecule has 0 saturated heterocycles. The minimum absolute atomic E-state index is 0.122. The standard InChI is InChI=1S/C20H18BrN7O2S/c1-26(2)10-15(29)13-5-4-6-14-17(13)28-19(27(3)20(14)30)16(24-25-28)18(31)23-12-7-11(21)8-22-9-12/h4-9H,10H2,1-3H3,(H,23,31). The molecule has 0 amide bonds. The molecule has 0 spiro atoms. The molecule has 9 nitrogen and oxygen atoms in total. The fourth-order valence-corrected chi connectivity index (χ4v) is 3.98. The lowest BCUT2D eigenvalue weighted by Gasteiger charge is -2.13. The van der Waals surface area contributed by atoms with Crippen LogP contribution in [0.5, 0.6) is 0 Å². The van der Waals surface area contributed by atoms with Gasteiger partial charge in [-0.05, 0) is 48.2 Å². The zero-order valence-corrected chi connectivity index (χ0v) is 19.4. The number of pyridine rings is 1. The summed E-state index contributed by atoms with van der Waals surface area (Å²) in [6, 6.07) is 6.88. The summed E-state index contributed by atoms with van der Waals surface area (Å²) >= 11 is 8.90. The summed E-state index contributed by atoms with van der Waals surface area (Å²) in [6.45, 7) is 0.202. The number of Topliss-reactive ketones (excluding diaryl/α,β-unsaturated/α-hetero) is 1. The van der Waals surface area contributed by atoms with E-state index < -0.39 is 0 Å². The Morgan fingerprint density at radius 2 is 2.06 bits per heavy atom. The van der Waals surface area contributed by atoms with Crippen LogP contribution in [0.2, 0.25) is 0 Å². The third-order valence-corrected chi connectivity index (χ3v) is 5.41. The van der Waals surface area contributed by atoms with Crippen LogP contribution in [-0.2, 0) is 7.05 Å². The fourth-order valence-electron chi connectivity index (χ4n) is 3.36.